The summed E-state index contributed by atoms with van der Waals surface area (Å²) in [6, 6.07) is 0. The standard InChI is InChI=1S/C60H116O17P2/c1-6-9-12-15-18-21-22-23-24-25-30-36-41-46-60(65)77-56(50-71-58(63)44-39-34-31-26-27-32-37-42-53(4)5)52-75-79(68,69)73-48-54(61)47-72-78(66,67)74-51-55(76-59(64)45-40-35-29-20-17-14-11-8-3)49-70-57(62)43-38-33-28-19-16-13-10-7-2/h53-56,61H,6-52H2,1-5H3,(H,66,67)(H,68,69)/t54-,55+,56+/m0/s1. The minimum atomic E-state index is -4.94. The van der Waals surface area contributed by atoms with Gasteiger partial charge in [0.2, 0.25) is 0 Å². The molecule has 0 heterocycles. The van der Waals surface area contributed by atoms with Crippen LogP contribution in [0, 0.1) is 5.92 Å². The van der Waals surface area contributed by atoms with Gasteiger partial charge in [-0.05, 0) is 31.6 Å². The highest BCUT2D eigenvalue weighted by Gasteiger charge is 2.30. The predicted octanol–water partition coefficient (Wildman–Crippen LogP) is 16.2. The maximum atomic E-state index is 12.9. The van der Waals surface area contributed by atoms with E-state index in [0.29, 0.717) is 31.6 Å². The van der Waals surface area contributed by atoms with Gasteiger partial charge in [-0.25, -0.2) is 9.13 Å². The van der Waals surface area contributed by atoms with Gasteiger partial charge in [0, 0.05) is 25.7 Å². The van der Waals surface area contributed by atoms with Crippen LogP contribution in [-0.2, 0) is 65.4 Å². The first-order valence-electron chi connectivity index (χ1n) is 31.6. The molecule has 0 aliphatic heterocycles. The van der Waals surface area contributed by atoms with Gasteiger partial charge in [-0.2, -0.15) is 0 Å². The second-order valence-electron chi connectivity index (χ2n) is 22.2. The summed E-state index contributed by atoms with van der Waals surface area (Å²) in [4.78, 5) is 71.9. The summed E-state index contributed by atoms with van der Waals surface area (Å²) in [5.74, 6) is -1.44. The van der Waals surface area contributed by atoms with Crippen LogP contribution in [0.15, 0.2) is 0 Å². The van der Waals surface area contributed by atoms with Gasteiger partial charge in [0.25, 0.3) is 0 Å². The van der Waals surface area contributed by atoms with E-state index in [2.05, 4.69) is 34.6 Å². The molecule has 0 saturated heterocycles. The van der Waals surface area contributed by atoms with E-state index in [9.17, 15) is 43.2 Å². The fraction of sp³-hybridized carbons (Fsp3) is 0.933. The lowest BCUT2D eigenvalue weighted by Crippen LogP contribution is -2.30. The number of phosphoric ester groups is 2. The lowest BCUT2D eigenvalue weighted by atomic mass is 10.0. The molecule has 5 atom stereocenters. The van der Waals surface area contributed by atoms with E-state index in [1.807, 2.05) is 0 Å². The minimum Gasteiger partial charge on any atom is -0.462 e. The van der Waals surface area contributed by atoms with Gasteiger partial charge in [-0.3, -0.25) is 37.3 Å². The highest BCUT2D eigenvalue weighted by molar-refractivity contribution is 7.47. The quantitative estimate of drug-likeness (QED) is 0.0222. The number of ether oxygens (including phenoxy) is 4. The summed E-state index contributed by atoms with van der Waals surface area (Å²) < 4.78 is 67.7. The zero-order valence-electron chi connectivity index (χ0n) is 50.5. The van der Waals surface area contributed by atoms with Gasteiger partial charge in [-0.15, -0.1) is 0 Å². The molecule has 0 amide bonds. The Hall–Kier alpha value is -1.94. The maximum Gasteiger partial charge on any atom is 0.472 e. The van der Waals surface area contributed by atoms with Crippen molar-refractivity contribution in [1.29, 1.82) is 0 Å². The molecule has 0 rings (SSSR count). The molecule has 0 spiro atoms. The van der Waals surface area contributed by atoms with Crippen LogP contribution in [0.4, 0.5) is 0 Å². The number of aliphatic hydroxyl groups excluding tert-OH is 1. The maximum absolute atomic E-state index is 12.9. The Morgan fingerprint density at radius 2 is 0.582 bits per heavy atom. The molecular formula is C60H116O17P2. The van der Waals surface area contributed by atoms with E-state index in [1.54, 1.807) is 0 Å². The summed E-state index contributed by atoms with van der Waals surface area (Å²) in [6.07, 6.45) is 36.3. The molecule has 3 N–H and O–H groups in total. The van der Waals surface area contributed by atoms with E-state index >= 15 is 0 Å². The summed E-state index contributed by atoms with van der Waals surface area (Å²) >= 11 is 0. The molecule has 468 valence electrons. The van der Waals surface area contributed by atoms with Crippen molar-refractivity contribution in [3.05, 3.63) is 0 Å². The summed E-state index contributed by atoms with van der Waals surface area (Å²) in [5, 5.41) is 10.5. The summed E-state index contributed by atoms with van der Waals surface area (Å²) in [7, 11) is -9.87. The second-order valence-corrected chi connectivity index (χ2v) is 25.1. The topological polar surface area (TPSA) is 237 Å². The van der Waals surface area contributed by atoms with Crippen LogP contribution in [0.25, 0.3) is 0 Å². The third-order valence-electron chi connectivity index (χ3n) is 13.8. The number of unbranched alkanes of at least 4 members (excludes halogenated alkanes) is 32. The van der Waals surface area contributed by atoms with E-state index in [0.717, 1.165) is 109 Å². The number of aliphatic hydroxyl groups is 1. The molecule has 0 bridgehead atoms. The molecule has 0 saturated carbocycles. The smallest absolute Gasteiger partial charge is 0.462 e. The molecule has 0 aromatic carbocycles. The van der Waals surface area contributed by atoms with E-state index in [-0.39, 0.29) is 25.7 Å². The predicted molar refractivity (Wildman–Crippen MR) is 312 cm³/mol. The number of esters is 4. The Morgan fingerprint density at radius 3 is 0.861 bits per heavy atom. The van der Waals surface area contributed by atoms with Gasteiger partial charge in [0.05, 0.1) is 26.4 Å². The average molecular weight is 1170 g/mol. The molecule has 0 radical (unpaired) electrons. The third-order valence-corrected chi connectivity index (χ3v) is 15.7. The molecule has 0 aromatic heterocycles. The van der Waals surface area contributed by atoms with E-state index in [1.165, 1.54) is 103 Å². The van der Waals surface area contributed by atoms with Crippen LogP contribution >= 0.6 is 15.6 Å². The second kappa shape index (κ2) is 54.0. The average Bonchev–Trinajstić information content (AvgIpc) is 3.41. The number of carbonyl (C=O) groups is 4. The Balaban J connectivity index is 5.21. The third kappa shape index (κ3) is 55.0. The first-order chi connectivity index (χ1) is 38.0. The van der Waals surface area contributed by atoms with Crippen molar-refractivity contribution in [3.63, 3.8) is 0 Å². The fourth-order valence-electron chi connectivity index (χ4n) is 8.88. The highest BCUT2D eigenvalue weighted by atomic mass is 31.2. The van der Waals surface area contributed by atoms with Gasteiger partial charge >= 0.3 is 39.5 Å². The molecule has 0 aromatic rings. The van der Waals surface area contributed by atoms with Crippen LogP contribution < -0.4 is 0 Å². The first kappa shape index (κ1) is 77.1. The van der Waals surface area contributed by atoms with Crippen LogP contribution in [0.1, 0.15) is 298 Å². The number of hydrogen-bond donors (Lipinski definition) is 3. The van der Waals surface area contributed by atoms with Crippen molar-refractivity contribution < 1.29 is 80.2 Å². The van der Waals surface area contributed by atoms with E-state index < -0.39 is 97.5 Å². The normalized spacial score (nSPS) is 14.3. The van der Waals surface area contributed by atoms with Crippen LogP contribution in [-0.4, -0.2) is 96.7 Å². The van der Waals surface area contributed by atoms with Gasteiger partial charge in [0.1, 0.15) is 19.3 Å². The Bertz CT molecular complexity index is 1550. The molecule has 17 nitrogen and oxygen atoms in total. The molecule has 0 fully saturated rings. The fourth-order valence-corrected chi connectivity index (χ4v) is 10.5. The Morgan fingerprint density at radius 1 is 0.342 bits per heavy atom. The van der Waals surface area contributed by atoms with Gasteiger partial charge < -0.3 is 33.8 Å². The molecule has 19 heteroatoms. The van der Waals surface area contributed by atoms with Crippen molar-refractivity contribution in [2.24, 2.45) is 5.92 Å². The van der Waals surface area contributed by atoms with E-state index in [4.69, 9.17) is 37.0 Å². The SMILES string of the molecule is CCCCCCCCCCCCCCCC(=O)O[C@H](COC(=O)CCCCCCCCCC(C)C)COP(=O)(O)OC[C@@H](O)COP(=O)(O)OC[C@@H](COC(=O)CCCCCCCCCC)OC(=O)CCCCCCCCCC. The monoisotopic (exact) mass is 1170 g/mol. The molecular weight excluding hydrogens is 1050 g/mol. The molecule has 79 heavy (non-hydrogen) atoms. The Kier molecular flexibility index (Phi) is 52.7. The lowest BCUT2D eigenvalue weighted by molar-refractivity contribution is -0.161. The zero-order chi connectivity index (χ0) is 58.5. The molecule has 0 aliphatic carbocycles. The first-order valence-corrected chi connectivity index (χ1v) is 34.6. The van der Waals surface area contributed by atoms with Gasteiger partial charge in [-0.1, -0.05) is 247 Å². The highest BCUT2D eigenvalue weighted by Crippen LogP contribution is 2.45. The number of carbonyl (C=O) groups excluding carboxylic acids is 4. The lowest BCUT2D eigenvalue weighted by Gasteiger charge is -2.21. The number of hydrogen-bond acceptors (Lipinski definition) is 15. The zero-order valence-corrected chi connectivity index (χ0v) is 52.3. The summed E-state index contributed by atoms with van der Waals surface area (Å²) in [6.45, 7) is 7.06. The van der Waals surface area contributed by atoms with Crippen molar-refractivity contribution >= 4 is 39.5 Å². The van der Waals surface area contributed by atoms with Gasteiger partial charge in [0.15, 0.2) is 12.2 Å². The van der Waals surface area contributed by atoms with Crippen molar-refractivity contribution in [2.45, 2.75) is 316 Å². The summed E-state index contributed by atoms with van der Waals surface area (Å²) in [5.41, 5.74) is 0. The largest absolute Gasteiger partial charge is 0.472 e. The van der Waals surface area contributed by atoms with Crippen molar-refractivity contribution in [3.8, 4) is 0 Å². The number of phosphoric acid groups is 2. The number of rotatable bonds is 60. The van der Waals surface area contributed by atoms with Crippen molar-refractivity contribution in [2.75, 3.05) is 39.6 Å². The molecule has 2 unspecified atom stereocenters. The van der Waals surface area contributed by atoms with Crippen LogP contribution in [0.5, 0.6) is 0 Å². The van der Waals surface area contributed by atoms with Crippen LogP contribution in [0.2, 0.25) is 0 Å². The van der Waals surface area contributed by atoms with Crippen molar-refractivity contribution in [1.82, 2.24) is 0 Å². The Labute approximate surface area is 479 Å². The minimum absolute atomic E-state index is 0.105. The van der Waals surface area contributed by atoms with Crippen LogP contribution in [0.3, 0.4) is 0 Å². The molecule has 0 aliphatic rings.